The van der Waals surface area contributed by atoms with Crippen LogP contribution >= 0.6 is 11.8 Å². The van der Waals surface area contributed by atoms with Gasteiger partial charge in [-0.15, -0.1) is 0 Å². The minimum atomic E-state index is 0.208. The molecule has 4 rings (SSSR count). The molecule has 2 heterocycles. The molecule has 3 aliphatic rings. The quantitative estimate of drug-likeness (QED) is 0.568. The molecule has 1 atom stereocenters. The lowest BCUT2D eigenvalue weighted by molar-refractivity contribution is -0.136. The Balaban J connectivity index is 1.23. The van der Waals surface area contributed by atoms with Crippen molar-refractivity contribution in [3.05, 3.63) is 29.8 Å². The Morgan fingerprint density at radius 3 is 2.70 bits per heavy atom. The van der Waals surface area contributed by atoms with Gasteiger partial charge in [0.2, 0.25) is 5.91 Å². The van der Waals surface area contributed by atoms with Crippen LogP contribution in [0.4, 0.5) is 0 Å². The second-order valence-corrected chi connectivity index (χ2v) is 9.68. The summed E-state index contributed by atoms with van der Waals surface area (Å²) in [7, 11) is 1.83. The highest BCUT2D eigenvalue weighted by Gasteiger charge is 2.30. The van der Waals surface area contributed by atoms with Crippen LogP contribution in [0.3, 0.4) is 0 Å². The lowest BCUT2D eigenvalue weighted by Crippen LogP contribution is -2.48. The van der Waals surface area contributed by atoms with Gasteiger partial charge in [0.15, 0.2) is 5.96 Å². The maximum atomic E-state index is 12.8. The summed E-state index contributed by atoms with van der Waals surface area (Å²) in [6.07, 6.45) is 5.03. The van der Waals surface area contributed by atoms with E-state index in [4.69, 9.17) is 4.74 Å². The summed E-state index contributed by atoms with van der Waals surface area (Å²) in [6, 6.07) is 8.71. The molecule has 7 heteroatoms. The summed E-state index contributed by atoms with van der Waals surface area (Å²) in [5, 5.41) is 7.11. The number of carbonyl (C=O) groups is 1. The van der Waals surface area contributed by atoms with E-state index in [0.29, 0.717) is 17.9 Å². The number of rotatable bonds is 4. The maximum Gasteiger partial charge on any atom is 0.225 e. The number of amides is 1. The van der Waals surface area contributed by atoms with E-state index in [1.165, 1.54) is 5.56 Å². The zero-order chi connectivity index (χ0) is 20.8. The van der Waals surface area contributed by atoms with E-state index in [1.807, 2.05) is 24.9 Å². The molecule has 164 valence electrons. The second kappa shape index (κ2) is 10.4. The van der Waals surface area contributed by atoms with Crippen LogP contribution in [0.15, 0.2) is 29.3 Å². The summed E-state index contributed by atoms with van der Waals surface area (Å²) < 4.78 is 5.78. The van der Waals surface area contributed by atoms with Gasteiger partial charge in [0, 0.05) is 56.1 Å². The maximum absolute atomic E-state index is 12.8. The number of guanidine groups is 1. The largest absolute Gasteiger partial charge is 0.493 e. The molecule has 1 unspecified atom stereocenters. The average molecular weight is 431 g/mol. The Bertz CT molecular complexity index is 742. The number of fused-ring (bicyclic) bond motifs is 1. The molecule has 6 nitrogen and oxygen atoms in total. The zero-order valence-electron chi connectivity index (χ0n) is 17.9. The minimum absolute atomic E-state index is 0.208. The number of hydrogen-bond donors (Lipinski definition) is 2. The zero-order valence-corrected chi connectivity index (χ0v) is 18.8. The standard InChI is InChI=1S/C23H34N4O2S/c1-24-23(25-16-18-10-13-29-21-5-3-2-4-20(18)21)26-19-8-6-17(7-9-19)22(28)27-11-14-30-15-12-27/h2-5,17-19H,6-16H2,1H3,(H2,24,25,26). The number of hydrogen-bond acceptors (Lipinski definition) is 4. The van der Waals surface area contributed by atoms with Crippen LogP contribution in [0, 0.1) is 5.92 Å². The fraction of sp³-hybridized carbons (Fsp3) is 0.652. The number of carbonyl (C=O) groups excluding carboxylic acids is 1. The highest BCUT2D eigenvalue weighted by atomic mass is 32.2. The van der Waals surface area contributed by atoms with E-state index in [1.54, 1.807) is 0 Å². The van der Waals surface area contributed by atoms with Crippen LogP contribution < -0.4 is 15.4 Å². The number of ether oxygens (including phenoxy) is 1. The number of para-hydroxylation sites is 1. The van der Waals surface area contributed by atoms with Crippen molar-refractivity contribution in [2.45, 2.75) is 44.1 Å². The van der Waals surface area contributed by atoms with E-state index in [9.17, 15) is 4.79 Å². The summed E-state index contributed by atoms with van der Waals surface area (Å²) in [6.45, 7) is 3.46. The van der Waals surface area contributed by atoms with Crippen LogP contribution in [-0.2, 0) is 4.79 Å². The molecule has 30 heavy (non-hydrogen) atoms. The number of nitrogens with one attached hydrogen (secondary N) is 2. The number of benzene rings is 1. The Kier molecular flexibility index (Phi) is 7.42. The molecule has 2 N–H and O–H groups in total. The van der Waals surface area contributed by atoms with Crippen LogP contribution in [0.25, 0.3) is 0 Å². The topological polar surface area (TPSA) is 66.0 Å². The van der Waals surface area contributed by atoms with Gasteiger partial charge in [-0.05, 0) is 43.7 Å². The number of aliphatic imine (C=N–C) groups is 1. The van der Waals surface area contributed by atoms with Gasteiger partial charge in [-0.3, -0.25) is 9.79 Å². The van der Waals surface area contributed by atoms with Gasteiger partial charge in [-0.1, -0.05) is 18.2 Å². The van der Waals surface area contributed by atoms with Gasteiger partial charge in [-0.2, -0.15) is 11.8 Å². The van der Waals surface area contributed by atoms with Gasteiger partial charge in [0.1, 0.15) is 5.75 Å². The minimum Gasteiger partial charge on any atom is -0.493 e. The molecule has 1 saturated carbocycles. The first-order valence-corrected chi connectivity index (χ1v) is 12.5. The Morgan fingerprint density at radius 2 is 1.93 bits per heavy atom. The van der Waals surface area contributed by atoms with Crippen molar-refractivity contribution in [2.24, 2.45) is 10.9 Å². The fourth-order valence-electron chi connectivity index (χ4n) is 4.76. The first kappa shape index (κ1) is 21.3. The van der Waals surface area contributed by atoms with Crippen molar-refractivity contribution >= 4 is 23.6 Å². The predicted molar refractivity (Wildman–Crippen MR) is 123 cm³/mol. The summed E-state index contributed by atoms with van der Waals surface area (Å²) in [5.74, 6) is 5.07. The molecule has 1 aromatic carbocycles. The highest BCUT2D eigenvalue weighted by Crippen LogP contribution is 2.32. The van der Waals surface area contributed by atoms with E-state index in [2.05, 4.69) is 38.7 Å². The molecule has 1 aromatic rings. The van der Waals surface area contributed by atoms with Crippen molar-refractivity contribution in [1.29, 1.82) is 0 Å². The first-order chi connectivity index (χ1) is 14.7. The molecule has 1 amide bonds. The molecular formula is C23H34N4O2S. The normalized spacial score (nSPS) is 27.0. The third-order valence-electron chi connectivity index (χ3n) is 6.56. The van der Waals surface area contributed by atoms with E-state index >= 15 is 0 Å². The van der Waals surface area contributed by atoms with Gasteiger partial charge in [0.25, 0.3) is 0 Å². The summed E-state index contributed by atoms with van der Waals surface area (Å²) >= 11 is 1.95. The van der Waals surface area contributed by atoms with E-state index in [-0.39, 0.29) is 5.92 Å². The fourth-order valence-corrected chi connectivity index (χ4v) is 5.67. The average Bonchev–Trinajstić information content (AvgIpc) is 2.82. The van der Waals surface area contributed by atoms with Crippen LogP contribution in [0.1, 0.15) is 43.6 Å². The van der Waals surface area contributed by atoms with E-state index in [0.717, 1.165) is 81.6 Å². The Morgan fingerprint density at radius 1 is 1.17 bits per heavy atom. The van der Waals surface area contributed by atoms with Crippen molar-refractivity contribution in [2.75, 3.05) is 44.8 Å². The SMILES string of the molecule is CN=C(NCC1CCOc2ccccc21)NC1CCC(C(=O)N2CCSCC2)CC1. The van der Waals surface area contributed by atoms with Crippen LogP contribution in [-0.4, -0.2) is 67.6 Å². The van der Waals surface area contributed by atoms with Gasteiger partial charge in [-0.25, -0.2) is 0 Å². The molecule has 2 aliphatic heterocycles. The molecule has 1 aliphatic carbocycles. The van der Waals surface area contributed by atoms with Crippen molar-refractivity contribution in [3.63, 3.8) is 0 Å². The monoisotopic (exact) mass is 430 g/mol. The third-order valence-corrected chi connectivity index (χ3v) is 7.50. The van der Waals surface area contributed by atoms with Crippen molar-refractivity contribution in [3.8, 4) is 5.75 Å². The third kappa shape index (κ3) is 5.23. The van der Waals surface area contributed by atoms with E-state index < -0.39 is 0 Å². The predicted octanol–water partition coefficient (Wildman–Crippen LogP) is 2.85. The lowest BCUT2D eigenvalue weighted by Gasteiger charge is -2.34. The Hall–Kier alpha value is -1.89. The molecule has 2 fully saturated rings. The Labute approximate surface area is 184 Å². The molecular weight excluding hydrogens is 396 g/mol. The second-order valence-electron chi connectivity index (χ2n) is 8.46. The number of thioether (sulfide) groups is 1. The van der Waals surface area contributed by atoms with Gasteiger partial charge in [0.05, 0.1) is 6.61 Å². The molecule has 0 radical (unpaired) electrons. The lowest BCUT2D eigenvalue weighted by atomic mass is 9.85. The molecule has 0 spiro atoms. The molecule has 1 saturated heterocycles. The van der Waals surface area contributed by atoms with Crippen molar-refractivity contribution in [1.82, 2.24) is 15.5 Å². The smallest absolute Gasteiger partial charge is 0.225 e. The summed E-state index contributed by atoms with van der Waals surface area (Å²) in [5.41, 5.74) is 1.28. The molecule has 0 bridgehead atoms. The van der Waals surface area contributed by atoms with Gasteiger partial charge >= 0.3 is 0 Å². The first-order valence-electron chi connectivity index (χ1n) is 11.3. The van der Waals surface area contributed by atoms with Crippen LogP contribution in [0.2, 0.25) is 0 Å². The number of nitrogens with zero attached hydrogens (tertiary/aromatic N) is 2. The van der Waals surface area contributed by atoms with Gasteiger partial charge < -0.3 is 20.3 Å². The molecule has 0 aromatic heterocycles. The van der Waals surface area contributed by atoms with Crippen LogP contribution in [0.5, 0.6) is 5.75 Å². The highest BCUT2D eigenvalue weighted by molar-refractivity contribution is 7.99. The summed E-state index contributed by atoms with van der Waals surface area (Å²) in [4.78, 5) is 19.3. The van der Waals surface area contributed by atoms with Crippen molar-refractivity contribution < 1.29 is 9.53 Å².